The maximum Gasteiger partial charge on any atom is 0.357 e. The van der Waals surface area contributed by atoms with Crippen molar-refractivity contribution < 1.29 is 9.53 Å². The van der Waals surface area contributed by atoms with Crippen molar-refractivity contribution >= 4 is 35.0 Å². The van der Waals surface area contributed by atoms with Gasteiger partial charge < -0.3 is 4.74 Å². The van der Waals surface area contributed by atoms with E-state index in [1.165, 1.54) is 18.4 Å². The second kappa shape index (κ2) is 5.78. The Kier molecular flexibility index (Phi) is 4.62. The number of thiazole rings is 1. The third kappa shape index (κ3) is 3.12. The van der Waals surface area contributed by atoms with Gasteiger partial charge in [0.05, 0.1) is 7.11 Å². The van der Waals surface area contributed by atoms with Gasteiger partial charge in [0.1, 0.15) is 5.01 Å². The highest BCUT2D eigenvalue weighted by Crippen LogP contribution is 2.12. The van der Waals surface area contributed by atoms with Gasteiger partial charge in [-0.25, -0.2) is 9.78 Å². The number of ether oxygens (including phenoxy) is 1. The summed E-state index contributed by atoms with van der Waals surface area (Å²) in [6.07, 6.45) is 4.57. The molecule has 0 aromatic carbocycles. The summed E-state index contributed by atoms with van der Waals surface area (Å²) in [4.78, 5) is 15.1. The molecule has 3 nitrogen and oxygen atoms in total. The molecule has 5 heteroatoms. The minimum atomic E-state index is -0.404. The third-order valence-electron chi connectivity index (χ3n) is 1.45. The summed E-state index contributed by atoms with van der Waals surface area (Å²) in [6.45, 7) is 0. The van der Waals surface area contributed by atoms with Gasteiger partial charge in [-0.15, -0.1) is 22.9 Å². The summed E-state index contributed by atoms with van der Waals surface area (Å²) in [5, 5.41) is 2.46. The molecule has 0 N–H and O–H groups in total. The van der Waals surface area contributed by atoms with Crippen LogP contribution in [0.4, 0.5) is 0 Å². The van der Waals surface area contributed by atoms with Gasteiger partial charge in [-0.3, -0.25) is 0 Å². The average molecular weight is 232 g/mol. The van der Waals surface area contributed by atoms with E-state index in [0.29, 0.717) is 11.6 Å². The highest BCUT2D eigenvalue weighted by molar-refractivity contribution is 7.10. The predicted molar refractivity (Wildman–Crippen MR) is 57.8 cm³/mol. The molecule has 0 radical (unpaired) electrons. The van der Waals surface area contributed by atoms with Crippen LogP contribution in [-0.2, 0) is 4.74 Å². The van der Waals surface area contributed by atoms with Gasteiger partial charge in [0.25, 0.3) is 0 Å². The number of carbonyl (C=O) groups excluding carboxylic acids is 1. The summed E-state index contributed by atoms with van der Waals surface area (Å²) in [5.41, 5.74) is 0.350. The number of esters is 1. The Bertz CT molecular complexity index is 335. The van der Waals surface area contributed by atoms with Gasteiger partial charge in [-0.2, -0.15) is 0 Å². The first kappa shape index (κ1) is 11.2. The fourth-order valence-corrected chi connectivity index (χ4v) is 1.64. The van der Waals surface area contributed by atoms with Crippen LogP contribution in [0.3, 0.4) is 0 Å². The quantitative estimate of drug-likeness (QED) is 0.591. The molecule has 0 fully saturated rings. The Morgan fingerprint density at radius 3 is 3.21 bits per heavy atom. The predicted octanol–water partition coefficient (Wildman–Crippen LogP) is 2.57. The van der Waals surface area contributed by atoms with Gasteiger partial charge in [-0.1, -0.05) is 6.08 Å². The van der Waals surface area contributed by atoms with E-state index in [0.717, 1.165) is 11.4 Å². The standard InChI is InChI=1S/C9H10ClNO2S/c1-13-9(12)7-6-14-8(11-7)4-2-3-5-10/h2,4,6H,3,5H2,1H3. The van der Waals surface area contributed by atoms with Crippen LogP contribution in [0.1, 0.15) is 21.9 Å². The van der Waals surface area contributed by atoms with Crippen LogP contribution in [0, 0.1) is 0 Å². The third-order valence-corrected chi connectivity index (χ3v) is 2.48. The molecule has 1 rings (SSSR count). The molecule has 0 unspecified atom stereocenters. The number of aromatic nitrogens is 1. The van der Waals surface area contributed by atoms with E-state index < -0.39 is 5.97 Å². The molecule has 0 spiro atoms. The first-order valence-corrected chi connectivity index (χ1v) is 5.45. The molecule has 1 aromatic heterocycles. The zero-order valence-corrected chi connectivity index (χ0v) is 9.27. The molecule has 0 aliphatic rings. The van der Waals surface area contributed by atoms with Gasteiger partial charge >= 0.3 is 5.97 Å². The number of nitrogens with zero attached hydrogens (tertiary/aromatic N) is 1. The van der Waals surface area contributed by atoms with Crippen LogP contribution in [0.5, 0.6) is 0 Å². The lowest BCUT2D eigenvalue weighted by molar-refractivity contribution is 0.0595. The van der Waals surface area contributed by atoms with E-state index in [4.69, 9.17) is 11.6 Å². The second-order valence-electron chi connectivity index (χ2n) is 2.44. The number of hydrogen-bond acceptors (Lipinski definition) is 4. The zero-order chi connectivity index (χ0) is 10.4. The summed E-state index contributed by atoms with van der Waals surface area (Å²) < 4.78 is 4.54. The van der Waals surface area contributed by atoms with Gasteiger partial charge in [0.15, 0.2) is 5.69 Å². The first-order valence-electron chi connectivity index (χ1n) is 4.04. The van der Waals surface area contributed by atoms with Crippen LogP contribution >= 0.6 is 22.9 Å². The summed E-state index contributed by atoms with van der Waals surface area (Å²) in [5.74, 6) is 0.185. The summed E-state index contributed by atoms with van der Waals surface area (Å²) in [7, 11) is 1.34. The van der Waals surface area contributed by atoms with Crippen molar-refractivity contribution in [3.63, 3.8) is 0 Å². The number of alkyl halides is 1. The largest absolute Gasteiger partial charge is 0.464 e. The monoisotopic (exact) mass is 231 g/mol. The zero-order valence-electron chi connectivity index (χ0n) is 7.70. The fraction of sp³-hybridized carbons (Fsp3) is 0.333. The summed E-state index contributed by atoms with van der Waals surface area (Å²) in [6, 6.07) is 0. The highest BCUT2D eigenvalue weighted by Gasteiger charge is 2.08. The lowest BCUT2D eigenvalue weighted by Crippen LogP contribution is -2.00. The molecule has 14 heavy (non-hydrogen) atoms. The van der Waals surface area contributed by atoms with E-state index in [1.807, 2.05) is 12.2 Å². The van der Waals surface area contributed by atoms with Crippen molar-refractivity contribution in [3.8, 4) is 0 Å². The normalized spacial score (nSPS) is 10.7. The molecule has 0 bridgehead atoms. The second-order valence-corrected chi connectivity index (χ2v) is 3.71. The van der Waals surface area contributed by atoms with E-state index >= 15 is 0 Å². The molecule has 76 valence electrons. The molecule has 0 aliphatic carbocycles. The highest BCUT2D eigenvalue weighted by atomic mass is 35.5. The van der Waals surface area contributed by atoms with Crippen LogP contribution in [0.15, 0.2) is 11.5 Å². The van der Waals surface area contributed by atoms with E-state index in [1.54, 1.807) is 5.38 Å². The molecular formula is C9H10ClNO2S. The van der Waals surface area contributed by atoms with Crippen molar-refractivity contribution in [1.29, 1.82) is 0 Å². The Balaban J connectivity index is 2.63. The fourth-order valence-electron chi connectivity index (χ4n) is 0.810. The molecule has 0 aliphatic heterocycles. The first-order chi connectivity index (χ1) is 6.77. The minimum absolute atomic E-state index is 0.350. The van der Waals surface area contributed by atoms with Gasteiger partial charge in [0.2, 0.25) is 0 Å². The molecular weight excluding hydrogens is 222 g/mol. The number of allylic oxidation sites excluding steroid dienone is 1. The topological polar surface area (TPSA) is 39.2 Å². The molecule has 0 saturated carbocycles. The molecule has 1 heterocycles. The molecule has 0 atom stereocenters. The molecule has 1 aromatic rings. The lowest BCUT2D eigenvalue weighted by Gasteiger charge is -1.90. The number of carbonyl (C=O) groups is 1. The Hall–Kier alpha value is -0.870. The number of rotatable bonds is 4. The van der Waals surface area contributed by atoms with E-state index in [2.05, 4.69) is 9.72 Å². The smallest absolute Gasteiger partial charge is 0.357 e. The van der Waals surface area contributed by atoms with Crippen LogP contribution in [0.25, 0.3) is 6.08 Å². The maximum atomic E-state index is 11.0. The van der Waals surface area contributed by atoms with Gasteiger partial charge in [0, 0.05) is 11.3 Å². The number of methoxy groups -OCH3 is 1. The molecule has 0 amide bonds. The van der Waals surface area contributed by atoms with Crippen molar-refractivity contribution in [2.45, 2.75) is 6.42 Å². The Labute approximate surface area is 91.4 Å². The van der Waals surface area contributed by atoms with Crippen LogP contribution < -0.4 is 0 Å². The Morgan fingerprint density at radius 1 is 1.79 bits per heavy atom. The Morgan fingerprint density at radius 2 is 2.57 bits per heavy atom. The maximum absolute atomic E-state index is 11.0. The van der Waals surface area contributed by atoms with Crippen molar-refractivity contribution in [2.24, 2.45) is 0 Å². The van der Waals surface area contributed by atoms with Gasteiger partial charge in [-0.05, 0) is 12.5 Å². The van der Waals surface area contributed by atoms with Crippen molar-refractivity contribution in [1.82, 2.24) is 4.98 Å². The molecule has 0 saturated heterocycles. The summed E-state index contributed by atoms with van der Waals surface area (Å²) >= 11 is 6.91. The lowest BCUT2D eigenvalue weighted by atomic mass is 10.4. The van der Waals surface area contributed by atoms with E-state index in [-0.39, 0.29) is 0 Å². The minimum Gasteiger partial charge on any atom is -0.464 e. The number of halogens is 1. The number of hydrogen-bond donors (Lipinski definition) is 0. The van der Waals surface area contributed by atoms with Crippen molar-refractivity contribution in [3.05, 3.63) is 22.2 Å². The average Bonchev–Trinajstić information content (AvgIpc) is 2.66. The van der Waals surface area contributed by atoms with Crippen LogP contribution in [0.2, 0.25) is 0 Å². The SMILES string of the molecule is COC(=O)c1csc(C=CCCCl)n1. The van der Waals surface area contributed by atoms with Crippen molar-refractivity contribution in [2.75, 3.05) is 13.0 Å². The van der Waals surface area contributed by atoms with Crippen LogP contribution in [-0.4, -0.2) is 23.9 Å². The van der Waals surface area contributed by atoms with E-state index in [9.17, 15) is 4.79 Å².